The van der Waals surface area contributed by atoms with Crippen LogP contribution in [0.4, 0.5) is 0 Å². The number of aliphatic hydroxyl groups is 1. The normalized spacial score (nSPS) is 14.3. The molecule has 2 rings (SSSR count). The topological polar surface area (TPSA) is 46.2 Å². The first-order valence-corrected chi connectivity index (χ1v) is 5.78. The van der Waals surface area contributed by atoms with E-state index in [1.807, 2.05) is 61.5 Å². The second-order valence-corrected chi connectivity index (χ2v) is 4.26. The molecule has 2 heteroatoms. The third kappa shape index (κ3) is 2.54. The number of rotatable bonds is 3. The fraction of sp³-hybridized carbons (Fsp3) is 0.200. The average molecular weight is 227 g/mol. The van der Waals surface area contributed by atoms with Crippen molar-refractivity contribution < 1.29 is 5.11 Å². The minimum absolute atomic E-state index is 0.278. The van der Waals surface area contributed by atoms with Crippen LogP contribution < -0.4 is 5.73 Å². The van der Waals surface area contributed by atoms with Gasteiger partial charge < -0.3 is 10.8 Å². The molecule has 0 saturated carbocycles. The van der Waals surface area contributed by atoms with Crippen molar-refractivity contribution in [3.8, 4) is 11.1 Å². The molecule has 0 aliphatic rings. The van der Waals surface area contributed by atoms with Crippen LogP contribution in [0.5, 0.6) is 0 Å². The number of nitrogens with two attached hydrogens (primary N) is 1. The monoisotopic (exact) mass is 227 g/mol. The van der Waals surface area contributed by atoms with E-state index in [4.69, 9.17) is 5.73 Å². The Morgan fingerprint density at radius 1 is 0.941 bits per heavy atom. The smallest absolute Gasteiger partial charge is 0.0944 e. The summed E-state index contributed by atoms with van der Waals surface area (Å²) in [6, 6.07) is 17.6. The van der Waals surface area contributed by atoms with Gasteiger partial charge >= 0.3 is 0 Å². The van der Waals surface area contributed by atoms with Gasteiger partial charge in [0.05, 0.1) is 6.10 Å². The highest BCUT2D eigenvalue weighted by atomic mass is 16.3. The van der Waals surface area contributed by atoms with E-state index in [9.17, 15) is 5.11 Å². The van der Waals surface area contributed by atoms with Crippen LogP contribution in [0.1, 0.15) is 18.6 Å². The van der Waals surface area contributed by atoms with E-state index in [2.05, 4.69) is 0 Å². The van der Waals surface area contributed by atoms with Gasteiger partial charge in [-0.05, 0) is 23.6 Å². The van der Waals surface area contributed by atoms with Gasteiger partial charge in [-0.1, -0.05) is 54.6 Å². The lowest BCUT2D eigenvalue weighted by atomic mass is 9.94. The van der Waals surface area contributed by atoms with Gasteiger partial charge in [0, 0.05) is 6.04 Å². The van der Waals surface area contributed by atoms with Gasteiger partial charge in [-0.15, -0.1) is 0 Å². The van der Waals surface area contributed by atoms with Crippen molar-refractivity contribution in [3.05, 3.63) is 60.2 Å². The number of hydrogen-bond donors (Lipinski definition) is 2. The lowest BCUT2D eigenvalue weighted by Gasteiger charge is -2.18. The summed E-state index contributed by atoms with van der Waals surface area (Å²) in [5, 5.41) is 10.1. The van der Waals surface area contributed by atoms with Gasteiger partial charge in [0.15, 0.2) is 0 Å². The highest BCUT2D eigenvalue weighted by Gasteiger charge is 2.16. The summed E-state index contributed by atoms with van der Waals surface area (Å²) in [6.07, 6.45) is -0.633. The maximum Gasteiger partial charge on any atom is 0.0944 e. The largest absolute Gasteiger partial charge is 0.387 e. The fourth-order valence-corrected chi connectivity index (χ4v) is 1.92. The molecule has 0 aliphatic carbocycles. The summed E-state index contributed by atoms with van der Waals surface area (Å²) in [6.45, 7) is 1.81. The van der Waals surface area contributed by atoms with Crippen molar-refractivity contribution in [2.75, 3.05) is 0 Å². The zero-order valence-corrected chi connectivity index (χ0v) is 9.88. The molecule has 0 spiro atoms. The predicted molar refractivity (Wildman–Crippen MR) is 70.5 cm³/mol. The van der Waals surface area contributed by atoms with Gasteiger partial charge in [-0.2, -0.15) is 0 Å². The molecule has 2 aromatic carbocycles. The van der Waals surface area contributed by atoms with Crippen LogP contribution >= 0.6 is 0 Å². The zero-order chi connectivity index (χ0) is 12.3. The molecule has 2 nitrogen and oxygen atoms in total. The molecule has 2 unspecified atom stereocenters. The Hall–Kier alpha value is -1.64. The van der Waals surface area contributed by atoms with E-state index in [0.717, 1.165) is 16.7 Å². The van der Waals surface area contributed by atoms with Crippen molar-refractivity contribution >= 4 is 0 Å². The summed E-state index contributed by atoms with van der Waals surface area (Å²) in [4.78, 5) is 0. The Bertz CT molecular complexity index is 479. The third-order valence-electron chi connectivity index (χ3n) is 2.86. The molecule has 88 valence electrons. The van der Waals surface area contributed by atoms with E-state index in [0.29, 0.717) is 0 Å². The standard InChI is InChI=1S/C15H17NO/c1-11(16)15(17)14-10-6-5-9-13(14)12-7-3-2-4-8-12/h2-11,15,17H,16H2,1H3. The summed E-state index contributed by atoms with van der Waals surface area (Å²) in [7, 11) is 0. The van der Waals surface area contributed by atoms with Crippen LogP contribution in [-0.4, -0.2) is 11.1 Å². The maximum atomic E-state index is 10.1. The Kier molecular flexibility index (Phi) is 3.57. The Labute approximate surface area is 102 Å². The molecule has 2 atom stereocenters. The highest BCUT2D eigenvalue weighted by Crippen LogP contribution is 2.28. The van der Waals surface area contributed by atoms with E-state index < -0.39 is 6.10 Å². The molecule has 0 bridgehead atoms. The SMILES string of the molecule is CC(N)C(O)c1ccccc1-c1ccccc1. The molecule has 0 amide bonds. The van der Waals surface area contributed by atoms with Gasteiger partial charge in [0.1, 0.15) is 0 Å². The molecule has 0 heterocycles. The zero-order valence-electron chi connectivity index (χ0n) is 9.88. The number of hydrogen-bond acceptors (Lipinski definition) is 2. The summed E-state index contributed by atoms with van der Waals surface area (Å²) < 4.78 is 0. The van der Waals surface area contributed by atoms with Crippen molar-refractivity contribution in [1.29, 1.82) is 0 Å². The molecule has 0 radical (unpaired) electrons. The van der Waals surface area contributed by atoms with Crippen LogP contribution in [-0.2, 0) is 0 Å². The van der Waals surface area contributed by atoms with Gasteiger partial charge in [0.25, 0.3) is 0 Å². The Morgan fingerprint density at radius 3 is 2.18 bits per heavy atom. The average Bonchev–Trinajstić information content (AvgIpc) is 2.39. The van der Waals surface area contributed by atoms with E-state index in [1.54, 1.807) is 0 Å². The summed E-state index contributed by atoms with van der Waals surface area (Å²) in [5.74, 6) is 0. The number of benzene rings is 2. The first kappa shape index (κ1) is 11.8. The van der Waals surface area contributed by atoms with Crippen LogP contribution in [0.25, 0.3) is 11.1 Å². The third-order valence-corrected chi connectivity index (χ3v) is 2.86. The molecular weight excluding hydrogens is 210 g/mol. The molecule has 0 saturated heterocycles. The Balaban J connectivity index is 2.48. The first-order valence-electron chi connectivity index (χ1n) is 5.78. The summed E-state index contributed by atoms with van der Waals surface area (Å²) >= 11 is 0. The summed E-state index contributed by atoms with van der Waals surface area (Å²) in [5.41, 5.74) is 8.79. The van der Waals surface area contributed by atoms with E-state index >= 15 is 0 Å². The quantitative estimate of drug-likeness (QED) is 0.847. The molecule has 0 aliphatic heterocycles. The van der Waals surface area contributed by atoms with E-state index in [1.165, 1.54) is 0 Å². The van der Waals surface area contributed by atoms with Crippen molar-refractivity contribution in [2.24, 2.45) is 5.73 Å². The van der Waals surface area contributed by atoms with Crippen LogP contribution in [0.2, 0.25) is 0 Å². The second-order valence-electron chi connectivity index (χ2n) is 4.26. The highest BCUT2D eigenvalue weighted by molar-refractivity contribution is 5.67. The van der Waals surface area contributed by atoms with Crippen molar-refractivity contribution in [3.63, 3.8) is 0 Å². The molecule has 0 fully saturated rings. The lowest BCUT2D eigenvalue weighted by Crippen LogP contribution is -2.24. The fourth-order valence-electron chi connectivity index (χ4n) is 1.92. The minimum atomic E-state index is -0.633. The van der Waals surface area contributed by atoms with Crippen molar-refractivity contribution in [2.45, 2.75) is 19.1 Å². The molecular formula is C15H17NO. The molecule has 0 aromatic heterocycles. The van der Waals surface area contributed by atoms with Gasteiger partial charge in [-0.25, -0.2) is 0 Å². The van der Waals surface area contributed by atoms with Crippen molar-refractivity contribution in [1.82, 2.24) is 0 Å². The van der Waals surface area contributed by atoms with Crippen LogP contribution in [0, 0.1) is 0 Å². The van der Waals surface area contributed by atoms with Gasteiger partial charge in [-0.3, -0.25) is 0 Å². The van der Waals surface area contributed by atoms with Crippen LogP contribution in [0.15, 0.2) is 54.6 Å². The lowest BCUT2D eigenvalue weighted by molar-refractivity contribution is 0.154. The van der Waals surface area contributed by atoms with Gasteiger partial charge in [0.2, 0.25) is 0 Å². The molecule has 17 heavy (non-hydrogen) atoms. The Morgan fingerprint density at radius 2 is 1.53 bits per heavy atom. The second kappa shape index (κ2) is 5.13. The molecule has 3 N–H and O–H groups in total. The van der Waals surface area contributed by atoms with E-state index in [-0.39, 0.29) is 6.04 Å². The maximum absolute atomic E-state index is 10.1. The van der Waals surface area contributed by atoms with Crippen LogP contribution in [0.3, 0.4) is 0 Å². The first-order chi connectivity index (χ1) is 8.20. The number of aliphatic hydroxyl groups excluding tert-OH is 1. The minimum Gasteiger partial charge on any atom is -0.387 e. The predicted octanol–water partition coefficient (Wildman–Crippen LogP) is 2.73. The molecule has 2 aromatic rings.